The zero-order valence-corrected chi connectivity index (χ0v) is 12.5. The van der Waals surface area contributed by atoms with Crippen LogP contribution in [0.2, 0.25) is 10.3 Å². The van der Waals surface area contributed by atoms with E-state index in [2.05, 4.69) is 26.8 Å². The van der Waals surface area contributed by atoms with E-state index in [0.717, 1.165) is 30.0 Å². The predicted octanol–water partition coefficient (Wildman–Crippen LogP) is 3.92. The van der Waals surface area contributed by atoms with E-state index < -0.39 is 0 Å². The van der Waals surface area contributed by atoms with E-state index in [4.69, 9.17) is 23.2 Å². The van der Waals surface area contributed by atoms with Gasteiger partial charge >= 0.3 is 0 Å². The van der Waals surface area contributed by atoms with Crippen molar-refractivity contribution in [1.29, 1.82) is 0 Å². The minimum absolute atomic E-state index is 0.388. The Hall–Kier alpha value is -1.26. The Kier molecular flexibility index (Phi) is 4.66. The second kappa shape index (κ2) is 6.26. The van der Waals surface area contributed by atoms with Crippen molar-refractivity contribution in [3.8, 4) is 0 Å². The molecule has 2 aromatic rings. The Morgan fingerprint density at radius 3 is 2.84 bits per heavy atom. The molecule has 2 heterocycles. The molecule has 1 N–H and O–H groups in total. The topological polar surface area (TPSA) is 42.7 Å². The Morgan fingerprint density at radius 1 is 1.37 bits per heavy atom. The molecule has 0 amide bonds. The number of aromatic nitrogens is 3. The second-order valence-corrected chi connectivity index (χ2v) is 5.06. The minimum atomic E-state index is 0.388. The number of nitrogens with one attached hydrogen (secondary N) is 1. The standard InChI is InChI=1S/C13H16Cl2N4/c1-3-5-19-6-4-16-11(19)8-17-12-9(2)7-10(14)18-13(12)15/h4,6-7,17H,3,5,8H2,1-2H3. The average Bonchev–Trinajstić information content (AvgIpc) is 2.76. The van der Waals surface area contributed by atoms with Gasteiger partial charge in [0.05, 0.1) is 12.2 Å². The van der Waals surface area contributed by atoms with Crippen LogP contribution in [0.25, 0.3) is 0 Å². The van der Waals surface area contributed by atoms with Crippen molar-refractivity contribution >= 4 is 28.9 Å². The lowest BCUT2D eigenvalue weighted by atomic mass is 10.2. The fourth-order valence-electron chi connectivity index (χ4n) is 1.93. The third kappa shape index (κ3) is 3.39. The molecule has 4 nitrogen and oxygen atoms in total. The monoisotopic (exact) mass is 298 g/mol. The summed E-state index contributed by atoms with van der Waals surface area (Å²) in [4.78, 5) is 8.37. The van der Waals surface area contributed by atoms with E-state index in [1.54, 1.807) is 12.3 Å². The van der Waals surface area contributed by atoms with Gasteiger partial charge in [0, 0.05) is 18.9 Å². The van der Waals surface area contributed by atoms with Gasteiger partial charge in [-0.05, 0) is 25.0 Å². The third-order valence-corrected chi connectivity index (χ3v) is 3.30. The number of aryl methyl sites for hydroxylation is 2. The highest BCUT2D eigenvalue weighted by atomic mass is 35.5. The van der Waals surface area contributed by atoms with Gasteiger partial charge in [0.25, 0.3) is 0 Å². The lowest BCUT2D eigenvalue weighted by Gasteiger charge is -2.12. The first-order chi connectivity index (χ1) is 9.11. The maximum atomic E-state index is 6.09. The van der Waals surface area contributed by atoms with Gasteiger partial charge in [0.1, 0.15) is 11.0 Å². The van der Waals surface area contributed by atoms with Crippen molar-refractivity contribution in [2.24, 2.45) is 0 Å². The molecule has 0 aliphatic rings. The van der Waals surface area contributed by atoms with Gasteiger partial charge in [0.15, 0.2) is 5.15 Å². The van der Waals surface area contributed by atoms with E-state index in [1.165, 1.54) is 0 Å². The largest absolute Gasteiger partial charge is 0.375 e. The van der Waals surface area contributed by atoms with Crippen molar-refractivity contribution in [3.63, 3.8) is 0 Å². The highest BCUT2D eigenvalue weighted by molar-refractivity contribution is 6.34. The summed E-state index contributed by atoms with van der Waals surface area (Å²) in [6.07, 6.45) is 4.86. The van der Waals surface area contributed by atoms with E-state index in [-0.39, 0.29) is 0 Å². The number of hydrogen-bond acceptors (Lipinski definition) is 3. The molecule has 0 fully saturated rings. The van der Waals surface area contributed by atoms with Crippen LogP contribution in [0.5, 0.6) is 0 Å². The molecule has 6 heteroatoms. The number of imidazole rings is 1. The van der Waals surface area contributed by atoms with Gasteiger partial charge < -0.3 is 9.88 Å². The highest BCUT2D eigenvalue weighted by Crippen LogP contribution is 2.26. The quantitative estimate of drug-likeness (QED) is 0.851. The van der Waals surface area contributed by atoms with Crippen LogP contribution < -0.4 is 5.32 Å². The van der Waals surface area contributed by atoms with Gasteiger partial charge in [-0.15, -0.1) is 0 Å². The van der Waals surface area contributed by atoms with Crippen LogP contribution in [-0.2, 0) is 13.1 Å². The van der Waals surface area contributed by atoms with Crippen LogP contribution in [0, 0.1) is 6.92 Å². The molecular weight excluding hydrogens is 283 g/mol. The summed E-state index contributed by atoms with van der Waals surface area (Å²) in [6.45, 7) is 5.65. The van der Waals surface area contributed by atoms with Crippen LogP contribution in [0.3, 0.4) is 0 Å². The van der Waals surface area contributed by atoms with Gasteiger partial charge in [-0.1, -0.05) is 30.1 Å². The van der Waals surface area contributed by atoms with Crippen LogP contribution in [0.1, 0.15) is 24.7 Å². The number of halogens is 2. The fraction of sp³-hybridized carbons (Fsp3) is 0.385. The van der Waals surface area contributed by atoms with E-state index >= 15 is 0 Å². The van der Waals surface area contributed by atoms with Crippen molar-refractivity contribution in [1.82, 2.24) is 14.5 Å². The van der Waals surface area contributed by atoms with Crippen molar-refractivity contribution in [2.75, 3.05) is 5.32 Å². The summed E-state index contributed by atoms with van der Waals surface area (Å²) in [6, 6.07) is 1.79. The van der Waals surface area contributed by atoms with Crippen LogP contribution in [-0.4, -0.2) is 14.5 Å². The maximum absolute atomic E-state index is 6.09. The smallest absolute Gasteiger partial charge is 0.154 e. The average molecular weight is 299 g/mol. The lowest BCUT2D eigenvalue weighted by molar-refractivity contribution is 0.644. The number of nitrogens with zero attached hydrogens (tertiary/aromatic N) is 3. The molecule has 0 saturated heterocycles. The first-order valence-electron chi connectivity index (χ1n) is 6.18. The number of anilines is 1. The van der Waals surface area contributed by atoms with Crippen LogP contribution >= 0.6 is 23.2 Å². The van der Waals surface area contributed by atoms with Gasteiger partial charge in [-0.25, -0.2) is 9.97 Å². The number of pyridine rings is 1. The summed E-state index contributed by atoms with van der Waals surface area (Å²) in [5.74, 6) is 0.979. The summed E-state index contributed by atoms with van der Waals surface area (Å²) in [5.41, 5.74) is 1.77. The fourth-order valence-corrected chi connectivity index (χ4v) is 2.53. The molecule has 2 aromatic heterocycles. The second-order valence-electron chi connectivity index (χ2n) is 4.32. The molecule has 0 bridgehead atoms. The first kappa shape index (κ1) is 14.2. The Morgan fingerprint density at radius 2 is 2.16 bits per heavy atom. The maximum Gasteiger partial charge on any atom is 0.154 e. The number of rotatable bonds is 5. The van der Waals surface area contributed by atoms with E-state index in [0.29, 0.717) is 16.9 Å². The van der Waals surface area contributed by atoms with Crippen molar-refractivity contribution in [3.05, 3.63) is 40.2 Å². The Labute approximate surface area is 122 Å². The summed E-state index contributed by atoms with van der Waals surface area (Å²) >= 11 is 11.9. The molecule has 0 atom stereocenters. The predicted molar refractivity (Wildman–Crippen MR) is 78.8 cm³/mol. The van der Waals surface area contributed by atoms with Gasteiger partial charge in [0.2, 0.25) is 0 Å². The van der Waals surface area contributed by atoms with Gasteiger partial charge in [-0.2, -0.15) is 0 Å². The van der Waals surface area contributed by atoms with E-state index in [1.807, 2.05) is 13.1 Å². The lowest BCUT2D eigenvalue weighted by Crippen LogP contribution is -2.09. The molecule has 0 aromatic carbocycles. The zero-order valence-electron chi connectivity index (χ0n) is 11.0. The molecule has 0 unspecified atom stereocenters. The summed E-state index contributed by atoms with van der Waals surface area (Å²) in [5, 5.41) is 4.06. The van der Waals surface area contributed by atoms with Crippen LogP contribution in [0.4, 0.5) is 5.69 Å². The molecule has 0 saturated carbocycles. The SMILES string of the molecule is CCCn1ccnc1CNc1c(C)cc(Cl)nc1Cl. The van der Waals surface area contributed by atoms with Crippen LogP contribution in [0.15, 0.2) is 18.5 Å². The molecular formula is C13H16Cl2N4. The minimum Gasteiger partial charge on any atom is -0.375 e. The van der Waals surface area contributed by atoms with Crippen molar-refractivity contribution in [2.45, 2.75) is 33.4 Å². The highest BCUT2D eigenvalue weighted by Gasteiger charge is 2.09. The third-order valence-electron chi connectivity index (χ3n) is 2.83. The molecule has 0 aliphatic carbocycles. The molecule has 2 rings (SSSR count). The Bertz CT molecular complexity index is 543. The molecule has 102 valence electrons. The molecule has 0 spiro atoms. The molecule has 0 aliphatic heterocycles. The molecule has 19 heavy (non-hydrogen) atoms. The van der Waals surface area contributed by atoms with Crippen molar-refractivity contribution < 1.29 is 0 Å². The summed E-state index contributed by atoms with van der Waals surface area (Å²) in [7, 11) is 0. The summed E-state index contributed by atoms with van der Waals surface area (Å²) < 4.78 is 2.12. The number of hydrogen-bond donors (Lipinski definition) is 1. The van der Waals surface area contributed by atoms with E-state index in [9.17, 15) is 0 Å². The van der Waals surface area contributed by atoms with Gasteiger partial charge in [-0.3, -0.25) is 0 Å². The molecule has 0 radical (unpaired) electrons. The normalized spacial score (nSPS) is 10.7. The Balaban J connectivity index is 2.12. The zero-order chi connectivity index (χ0) is 13.8. The first-order valence-corrected chi connectivity index (χ1v) is 6.94.